The minimum absolute atomic E-state index is 0.0367. The van der Waals surface area contributed by atoms with E-state index in [-0.39, 0.29) is 11.8 Å². The van der Waals surface area contributed by atoms with Crippen molar-refractivity contribution in [3.8, 4) is 11.3 Å². The molecule has 4 rings (SSSR count). The van der Waals surface area contributed by atoms with Crippen LogP contribution in [0.2, 0.25) is 0 Å². The topological polar surface area (TPSA) is 101 Å². The standard InChI is InChI=1S/C21H26N4O3/c22-11-14-1-6-19-23-18(13-25(19)12-14)15-2-4-16(5-3-15)20(26)24-9-7-17(8-10-24)21(27)28/h2-5,13-14,17H,1,6-12,22H2,(H,27,28). The average molecular weight is 382 g/mol. The van der Waals surface area contributed by atoms with E-state index in [1.807, 2.05) is 24.3 Å². The highest BCUT2D eigenvalue weighted by atomic mass is 16.4. The third-order valence-corrected chi connectivity index (χ3v) is 5.98. The number of fused-ring (bicyclic) bond motifs is 1. The molecule has 148 valence electrons. The highest BCUT2D eigenvalue weighted by Gasteiger charge is 2.27. The van der Waals surface area contributed by atoms with E-state index in [1.165, 1.54) is 0 Å². The van der Waals surface area contributed by atoms with Crippen molar-refractivity contribution in [1.82, 2.24) is 14.5 Å². The Bertz CT molecular complexity index is 866. The van der Waals surface area contributed by atoms with E-state index in [9.17, 15) is 9.59 Å². The van der Waals surface area contributed by atoms with Gasteiger partial charge in [-0.25, -0.2) is 4.98 Å². The van der Waals surface area contributed by atoms with Crippen LogP contribution in [0.25, 0.3) is 11.3 Å². The highest BCUT2D eigenvalue weighted by molar-refractivity contribution is 5.94. The van der Waals surface area contributed by atoms with E-state index in [2.05, 4.69) is 10.8 Å². The molecule has 1 saturated heterocycles. The van der Waals surface area contributed by atoms with Gasteiger partial charge in [0.15, 0.2) is 0 Å². The quantitative estimate of drug-likeness (QED) is 0.842. The van der Waals surface area contributed by atoms with Crippen LogP contribution in [0, 0.1) is 11.8 Å². The number of benzene rings is 1. The van der Waals surface area contributed by atoms with Crippen LogP contribution in [0.4, 0.5) is 0 Å². The van der Waals surface area contributed by atoms with Gasteiger partial charge in [0.1, 0.15) is 5.82 Å². The lowest BCUT2D eigenvalue weighted by Crippen LogP contribution is -2.40. The third kappa shape index (κ3) is 3.67. The molecule has 1 atom stereocenters. The number of rotatable bonds is 4. The summed E-state index contributed by atoms with van der Waals surface area (Å²) in [4.78, 5) is 30.3. The zero-order chi connectivity index (χ0) is 19.7. The number of nitrogens with zero attached hydrogens (tertiary/aromatic N) is 3. The van der Waals surface area contributed by atoms with Crippen LogP contribution in [-0.4, -0.2) is 51.1 Å². The molecule has 1 unspecified atom stereocenters. The number of carbonyl (C=O) groups is 2. The smallest absolute Gasteiger partial charge is 0.306 e. The van der Waals surface area contributed by atoms with Crippen LogP contribution < -0.4 is 5.73 Å². The number of hydrogen-bond donors (Lipinski definition) is 2. The van der Waals surface area contributed by atoms with Gasteiger partial charge in [0.05, 0.1) is 11.6 Å². The fourth-order valence-electron chi connectivity index (χ4n) is 4.14. The van der Waals surface area contributed by atoms with Gasteiger partial charge in [-0.15, -0.1) is 0 Å². The molecule has 1 aromatic carbocycles. The number of carboxylic acids is 1. The molecule has 3 N–H and O–H groups in total. The molecule has 1 aromatic heterocycles. The number of hydrogen-bond acceptors (Lipinski definition) is 4. The second-order valence-corrected chi connectivity index (χ2v) is 7.82. The molecule has 7 nitrogen and oxygen atoms in total. The van der Waals surface area contributed by atoms with Gasteiger partial charge in [-0.2, -0.15) is 0 Å². The third-order valence-electron chi connectivity index (χ3n) is 5.98. The summed E-state index contributed by atoms with van der Waals surface area (Å²) in [5, 5.41) is 9.09. The summed E-state index contributed by atoms with van der Waals surface area (Å²) in [7, 11) is 0. The molecule has 2 aromatic rings. The van der Waals surface area contributed by atoms with E-state index < -0.39 is 5.97 Å². The van der Waals surface area contributed by atoms with E-state index in [1.54, 1.807) is 4.90 Å². The van der Waals surface area contributed by atoms with Crippen molar-refractivity contribution in [3.63, 3.8) is 0 Å². The molecule has 0 radical (unpaired) electrons. The number of imidazole rings is 1. The number of aryl methyl sites for hydroxylation is 1. The minimum Gasteiger partial charge on any atom is -0.481 e. The Morgan fingerprint density at radius 1 is 1.14 bits per heavy atom. The Morgan fingerprint density at radius 3 is 2.50 bits per heavy atom. The predicted octanol–water partition coefficient (Wildman–Crippen LogP) is 2.01. The van der Waals surface area contributed by atoms with Gasteiger partial charge in [-0.05, 0) is 43.9 Å². The summed E-state index contributed by atoms with van der Waals surface area (Å²) >= 11 is 0. The minimum atomic E-state index is -0.767. The highest BCUT2D eigenvalue weighted by Crippen LogP contribution is 2.25. The zero-order valence-electron chi connectivity index (χ0n) is 15.9. The Kier molecular flexibility index (Phi) is 5.17. The molecule has 2 aliphatic rings. The number of aliphatic carboxylic acids is 1. The van der Waals surface area contributed by atoms with Gasteiger partial charge in [-0.3, -0.25) is 9.59 Å². The van der Waals surface area contributed by atoms with Gasteiger partial charge >= 0.3 is 5.97 Å². The number of nitrogens with two attached hydrogens (primary N) is 1. The van der Waals surface area contributed by atoms with Gasteiger partial charge in [0.25, 0.3) is 5.91 Å². The molecule has 2 aliphatic heterocycles. The first kappa shape index (κ1) is 18.7. The number of carboxylic acid groups (broad SMARTS) is 1. The number of amides is 1. The maximum absolute atomic E-state index is 12.7. The molecule has 1 amide bonds. The zero-order valence-corrected chi connectivity index (χ0v) is 15.9. The molecule has 0 saturated carbocycles. The lowest BCUT2D eigenvalue weighted by atomic mass is 9.96. The number of carbonyl (C=O) groups excluding carboxylic acids is 1. The maximum atomic E-state index is 12.7. The molecule has 0 spiro atoms. The van der Waals surface area contributed by atoms with Crippen molar-refractivity contribution in [1.29, 1.82) is 0 Å². The first-order valence-corrected chi connectivity index (χ1v) is 9.93. The number of aromatic nitrogens is 2. The summed E-state index contributed by atoms with van der Waals surface area (Å²) in [5.41, 5.74) is 8.36. The Balaban J connectivity index is 1.44. The van der Waals surface area contributed by atoms with E-state index >= 15 is 0 Å². The molecule has 3 heterocycles. The van der Waals surface area contributed by atoms with Crippen LogP contribution in [-0.2, 0) is 17.8 Å². The monoisotopic (exact) mass is 382 g/mol. The van der Waals surface area contributed by atoms with Gasteiger partial charge in [0, 0.05) is 43.4 Å². The van der Waals surface area contributed by atoms with Gasteiger partial charge in [-0.1, -0.05) is 12.1 Å². The summed E-state index contributed by atoms with van der Waals surface area (Å²) in [6.45, 7) is 2.61. The largest absolute Gasteiger partial charge is 0.481 e. The Hall–Kier alpha value is -2.67. The van der Waals surface area contributed by atoms with Gasteiger partial charge in [0.2, 0.25) is 0 Å². The fourth-order valence-corrected chi connectivity index (χ4v) is 4.14. The lowest BCUT2D eigenvalue weighted by Gasteiger charge is -2.30. The van der Waals surface area contributed by atoms with Crippen molar-refractivity contribution < 1.29 is 14.7 Å². The second-order valence-electron chi connectivity index (χ2n) is 7.82. The second kappa shape index (κ2) is 7.75. The molecular formula is C21H26N4O3. The van der Waals surface area contributed by atoms with Crippen LogP contribution in [0.5, 0.6) is 0 Å². The Morgan fingerprint density at radius 2 is 1.86 bits per heavy atom. The number of likely N-dealkylation sites (tertiary alicyclic amines) is 1. The van der Waals surface area contributed by atoms with Crippen molar-refractivity contribution >= 4 is 11.9 Å². The van der Waals surface area contributed by atoms with Crippen molar-refractivity contribution in [2.24, 2.45) is 17.6 Å². The van der Waals surface area contributed by atoms with Crippen LogP contribution in [0.1, 0.15) is 35.4 Å². The molecule has 1 fully saturated rings. The average Bonchev–Trinajstić information content (AvgIpc) is 3.16. The summed E-state index contributed by atoms with van der Waals surface area (Å²) < 4.78 is 2.20. The van der Waals surface area contributed by atoms with E-state index in [4.69, 9.17) is 15.8 Å². The SMILES string of the molecule is NCC1CCc2nc(-c3ccc(C(=O)N4CCC(C(=O)O)CC4)cc3)cn2C1. The van der Waals surface area contributed by atoms with Crippen LogP contribution in [0.15, 0.2) is 30.5 Å². The van der Waals surface area contributed by atoms with Crippen molar-refractivity contribution in [2.45, 2.75) is 32.2 Å². The summed E-state index contributed by atoms with van der Waals surface area (Å²) in [6, 6.07) is 7.54. The van der Waals surface area contributed by atoms with E-state index in [0.29, 0.717) is 44.0 Å². The van der Waals surface area contributed by atoms with Crippen LogP contribution >= 0.6 is 0 Å². The lowest BCUT2D eigenvalue weighted by molar-refractivity contribution is -0.143. The normalized spacial score (nSPS) is 20.0. The molecule has 7 heteroatoms. The predicted molar refractivity (Wildman–Crippen MR) is 105 cm³/mol. The summed E-state index contributed by atoms with van der Waals surface area (Å²) in [6.07, 6.45) is 5.14. The Labute approximate surface area is 164 Å². The molecule has 0 bridgehead atoms. The van der Waals surface area contributed by atoms with Gasteiger partial charge < -0.3 is 20.3 Å². The summed E-state index contributed by atoms with van der Waals surface area (Å²) in [5.74, 6) is 0.473. The number of piperidine rings is 1. The van der Waals surface area contributed by atoms with E-state index in [0.717, 1.165) is 36.5 Å². The first-order chi connectivity index (χ1) is 13.5. The first-order valence-electron chi connectivity index (χ1n) is 9.93. The molecule has 0 aliphatic carbocycles. The van der Waals surface area contributed by atoms with Crippen molar-refractivity contribution in [2.75, 3.05) is 19.6 Å². The molecule has 28 heavy (non-hydrogen) atoms. The molecular weight excluding hydrogens is 356 g/mol. The fraction of sp³-hybridized carbons (Fsp3) is 0.476. The van der Waals surface area contributed by atoms with Crippen molar-refractivity contribution in [3.05, 3.63) is 41.9 Å². The van der Waals surface area contributed by atoms with Crippen LogP contribution in [0.3, 0.4) is 0 Å². The maximum Gasteiger partial charge on any atom is 0.306 e.